The molecule has 1 aromatic heterocycles. The fourth-order valence-electron chi connectivity index (χ4n) is 2.30. The minimum absolute atomic E-state index is 0.475. The first-order valence-corrected chi connectivity index (χ1v) is 8.66. The quantitative estimate of drug-likeness (QED) is 0.572. The van der Waals surface area contributed by atoms with E-state index in [2.05, 4.69) is 37.9 Å². The van der Waals surface area contributed by atoms with Gasteiger partial charge < -0.3 is 10.6 Å². The van der Waals surface area contributed by atoms with Gasteiger partial charge in [0.25, 0.3) is 0 Å². The molecule has 25 heavy (non-hydrogen) atoms. The molecule has 3 rings (SSSR count). The molecule has 2 N–H and O–H groups in total. The smallest absolute Gasteiger partial charge is 0.244 e. The maximum absolute atomic E-state index is 6.15. The van der Waals surface area contributed by atoms with Crippen molar-refractivity contribution < 1.29 is 0 Å². The molecule has 7 heteroatoms. The lowest BCUT2D eigenvalue weighted by atomic mass is 10.1. The Kier molecular flexibility index (Phi) is 6.04. The molecular formula is C18H17Cl2N5. The van der Waals surface area contributed by atoms with Crippen molar-refractivity contribution >= 4 is 40.7 Å². The van der Waals surface area contributed by atoms with Crippen LogP contribution in [0.3, 0.4) is 0 Å². The molecule has 3 aromatic rings. The Bertz CT molecular complexity index is 827. The van der Waals surface area contributed by atoms with Gasteiger partial charge in [0.05, 0.1) is 16.9 Å². The second-order valence-electron chi connectivity index (χ2n) is 5.43. The summed E-state index contributed by atoms with van der Waals surface area (Å²) in [5.41, 5.74) is 2.03. The van der Waals surface area contributed by atoms with E-state index in [0.29, 0.717) is 27.5 Å². The summed E-state index contributed by atoms with van der Waals surface area (Å²) >= 11 is 12.1. The van der Waals surface area contributed by atoms with Gasteiger partial charge in [-0.25, -0.2) is 0 Å². The van der Waals surface area contributed by atoms with Crippen LogP contribution < -0.4 is 10.6 Å². The third-order valence-electron chi connectivity index (χ3n) is 3.52. The number of hydrogen-bond acceptors (Lipinski definition) is 5. The van der Waals surface area contributed by atoms with Crippen molar-refractivity contribution in [3.63, 3.8) is 0 Å². The Morgan fingerprint density at radius 2 is 1.84 bits per heavy atom. The first-order valence-electron chi connectivity index (χ1n) is 7.90. The summed E-state index contributed by atoms with van der Waals surface area (Å²) in [5, 5.41) is 15.3. The molecule has 0 bridgehead atoms. The van der Waals surface area contributed by atoms with Gasteiger partial charge in [-0.05, 0) is 36.6 Å². The number of rotatable bonds is 7. The number of nitrogens with one attached hydrogen (secondary N) is 2. The molecule has 0 spiro atoms. The molecule has 0 saturated heterocycles. The highest BCUT2D eigenvalue weighted by Crippen LogP contribution is 2.27. The summed E-state index contributed by atoms with van der Waals surface area (Å²) in [6.45, 7) is 0.766. The summed E-state index contributed by atoms with van der Waals surface area (Å²) in [6, 6.07) is 15.6. The third-order valence-corrected chi connectivity index (χ3v) is 4.07. The van der Waals surface area contributed by atoms with Gasteiger partial charge in [-0.1, -0.05) is 53.5 Å². The number of nitrogens with zero attached hydrogens (tertiary/aromatic N) is 3. The highest BCUT2D eigenvalue weighted by Gasteiger charge is 2.05. The molecule has 0 unspecified atom stereocenters. The van der Waals surface area contributed by atoms with E-state index in [0.717, 1.165) is 19.4 Å². The normalized spacial score (nSPS) is 10.5. The van der Waals surface area contributed by atoms with Crippen molar-refractivity contribution in [1.29, 1.82) is 0 Å². The van der Waals surface area contributed by atoms with Crippen molar-refractivity contribution in [2.24, 2.45) is 0 Å². The summed E-state index contributed by atoms with van der Waals surface area (Å²) in [5.74, 6) is 1.04. The number of anilines is 3. The molecule has 128 valence electrons. The van der Waals surface area contributed by atoms with Crippen molar-refractivity contribution in [3.8, 4) is 0 Å². The van der Waals surface area contributed by atoms with Crippen molar-refractivity contribution in [3.05, 3.63) is 70.3 Å². The minimum Gasteiger partial charge on any atom is -0.353 e. The highest BCUT2D eigenvalue weighted by atomic mass is 35.5. The number of aromatic nitrogens is 3. The molecular weight excluding hydrogens is 357 g/mol. The summed E-state index contributed by atoms with van der Waals surface area (Å²) < 4.78 is 0. The molecule has 1 heterocycles. The minimum atomic E-state index is 0.475. The van der Waals surface area contributed by atoms with Gasteiger partial charge in [-0.15, -0.1) is 5.10 Å². The van der Waals surface area contributed by atoms with Gasteiger partial charge in [-0.3, -0.25) is 0 Å². The van der Waals surface area contributed by atoms with Crippen LogP contribution in [0.5, 0.6) is 0 Å². The SMILES string of the molecule is Clc1ccc(Nc2cnnc(NCCCc3ccccc3)n2)c(Cl)c1. The second-order valence-corrected chi connectivity index (χ2v) is 6.27. The topological polar surface area (TPSA) is 62.7 Å². The average molecular weight is 374 g/mol. The van der Waals surface area contributed by atoms with E-state index in [1.165, 1.54) is 5.56 Å². The lowest BCUT2D eigenvalue weighted by Gasteiger charge is -2.09. The zero-order valence-electron chi connectivity index (χ0n) is 13.4. The Balaban J connectivity index is 1.54. The monoisotopic (exact) mass is 373 g/mol. The van der Waals surface area contributed by atoms with E-state index >= 15 is 0 Å². The highest BCUT2D eigenvalue weighted by molar-refractivity contribution is 6.36. The van der Waals surface area contributed by atoms with Crippen molar-refractivity contribution in [1.82, 2.24) is 15.2 Å². The maximum atomic E-state index is 6.15. The van der Waals surface area contributed by atoms with E-state index < -0.39 is 0 Å². The molecule has 2 aromatic carbocycles. The van der Waals surface area contributed by atoms with E-state index in [9.17, 15) is 0 Å². The van der Waals surface area contributed by atoms with Gasteiger partial charge >= 0.3 is 0 Å². The van der Waals surface area contributed by atoms with Gasteiger partial charge in [0.1, 0.15) is 0 Å². The van der Waals surface area contributed by atoms with Crippen molar-refractivity contribution in [2.75, 3.05) is 17.2 Å². The molecule has 0 aliphatic heterocycles. The lowest BCUT2D eigenvalue weighted by molar-refractivity contribution is 0.843. The number of aryl methyl sites for hydroxylation is 1. The van der Waals surface area contributed by atoms with Crippen LogP contribution in [-0.4, -0.2) is 21.7 Å². The summed E-state index contributed by atoms with van der Waals surface area (Å²) in [7, 11) is 0. The second kappa shape index (κ2) is 8.65. The fourth-order valence-corrected chi connectivity index (χ4v) is 2.76. The van der Waals surface area contributed by atoms with E-state index in [-0.39, 0.29) is 0 Å². The number of halogens is 2. The Morgan fingerprint density at radius 3 is 2.64 bits per heavy atom. The molecule has 0 fully saturated rings. The molecule has 0 aliphatic rings. The lowest BCUT2D eigenvalue weighted by Crippen LogP contribution is -2.08. The Labute approximate surface area is 156 Å². The number of benzene rings is 2. The zero-order chi connectivity index (χ0) is 17.5. The zero-order valence-corrected chi connectivity index (χ0v) is 14.9. The maximum Gasteiger partial charge on any atom is 0.244 e. The molecule has 0 saturated carbocycles. The van der Waals surface area contributed by atoms with Crippen LogP contribution in [0.2, 0.25) is 10.0 Å². The van der Waals surface area contributed by atoms with Crippen LogP contribution >= 0.6 is 23.2 Å². The van der Waals surface area contributed by atoms with Gasteiger partial charge in [0.15, 0.2) is 5.82 Å². The first-order chi connectivity index (χ1) is 12.2. The standard InChI is InChI=1S/C18H17Cl2N5/c19-14-8-9-16(15(20)11-14)23-17-12-22-25-18(24-17)21-10-4-7-13-5-2-1-3-6-13/h1-3,5-6,8-9,11-12H,4,7,10H2,(H2,21,23,24,25). The van der Waals surface area contributed by atoms with Gasteiger partial charge in [0.2, 0.25) is 5.95 Å². The van der Waals surface area contributed by atoms with Crippen LogP contribution in [0, 0.1) is 0 Å². The van der Waals surface area contributed by atoms with E-state index in [1.54, 1.807) is 24.4 Å². The summed E-state index contributed by atoms with van der Waals surface area (Å²) in [6.07, 6.45) is 3.52. The Morgan fingerprint density at radius 1 is 1.00 bits per heavy atom. The van der Waals surface area contributed by atoms with Crippen LogP contribution in [0.1, 0.15) is 12.0 Å². The predicted octanol–water partition coefficient (Wildman–Crippen LogP) is 4.97. The average Bonchev–Trinajstić information content (AvgIpc) is 2.62. The van der Waals surface area contributed by atoms with Gasteiger partial charge in [-0.2, -0.15) is 10.1 Å². The fraction of sp³-hybridized carbons (Fsp3) is 0.167. The van der Waals surface area contributed by atoms with E-state index in [4.69, 9.17) is 23.2 Å². The van der Waals surface area contributed by atoms with Gasteiger partial charge in [0, 0.05) is 11.6 Å². The predicted molar refractivity (Wildman–Crippen MR) is 103 cm³/mol. The van der Waals surface area contributed by atoms with Crippen LogP contribution in [0.15, 0.2) is 54.7 Å². The van der Waals surface area contributed by atoms with Crippen molar-refractivity contribution in [2.45, 2.75) is 12.8 Å². The number of hydrogen-bond donors (Lipinski definition) is 2. The van der Waals surface area contributed by atoms with Crippen LogP contribution in [-0.2, 0) is 6.42 Å². The van der Waals surface area contributed by atoms with Crippen LogP contribution in [0.4, 0.5) is 17.5 Å². The third kappa shape index (κ3) is 5.31. The van der Waals surface area contributed by atoms with Crippen LogP contribution in [0.25, 0.3) is 0 Å². The summed E-state index contributed by atoms with van der Waals surface area (Å²) in [4.78, 5) is 4.39. The molecule has 0 aliphatic carbocycles. The Hall–Kier alpha value is -2.37. The molecule has 5 nitrogen and oxygen atoms in total. The first kappa shape index (κ1) is 17.5. The molecule has 0 amide bonds. The molecule has 0 atom stereocenters. The largest absolute Gasteiger partial charge is 0.353 e. The molecule has 0 radical (unpaired) electrons. The van der Waals surface area contributed by atoms with E-state index in [1.807, 2.05) is 18.2 Å².